The number of aliphatic carboxylic acids is 2. The molecule has 0 aliphatic carbocycles. The van der Waals surface area contributed by atoms with E-state index in [4.69, 9.17) is 33.8 Å². The zero-order valence-corrected chi connectivity index (χ0v) is 26.3. The van der Waals surface area contributed by atoms with Crippen LogP contribution in [0.1, 0.15) is 71.1 Å². The van der Waals surface area contributed by atoms with Gasteiger partial charge in [-0.2, -0.15) is 0 Å². The molecule has 0 unspecified atom stereocenters. The second-order valence-electron chi connectivity index (χ2n) is 10.8. The van der Waals surface area contributed by atoms with Gasteiger partial charge in [0, 0.05) is 13.0 Å². The average Bonchev–Trinajstić information content (AvgIpc) is 2.98. The Morgan fingerprint density at radius 1 is 0.652 bits per heavy atom. The minimum Gasteiger partial charge on any atom is -0.481 e. The molecule has 0 radical (unpaired) electrons. The van der Waals surface area contributed by atoms with Crippen LogP contribution in [-0.2, 0) is 28.8 Å². The monoisotopic (exact) mass is 660 g/mol. The highest BCUT2D eigenvalue weighted by atomic mass is 16.4. The van der Waals surface area contributed by atoms with Gasteiger partial charge in [0.05, 0.1) is 6.10 Å². The van der Waals surface area contributed by atoms with Gasteiger partial charge in [-0.15, -0.1) is 0 Å². The number of carboxylic acids is 2. The van der Waals surface area contributed by atoms with E-state index in [0.717, 1.165) is 0 Å². The van der Waals surface area contributed by atoms with Crippen molar-refractivity contribution in [1.29, 1.82) is 0 Å². The van der Waals surface area contributed by atoms with Gasteiger partial charge in [-0.3, -0.25) is 29.0 Å². The highest BCUT2D eigenvalue weighted by Gasteiger charge is 2.32. The zero-order chi connectivity index (χ0) is 35.2. The zero-order valence-electron chi connectivity index (χ0n) is 26.3. The molecule has 0 aliphatic heterocycles. The van der Waals surface area contributed by atoms with Gasteiger partial charge in [0.25, 0.3) is 0 Å². The molecule has 6 atom stereocenters. The summed E-state index contributed by atoms with van der Waals surface area (Å²) in [6.07, 6.45) is 0.0977. The molecule has 0 saturated heterocycles. The first-order chi connectivity index (χ1) is 21.6. The van der Waals surface area contributed by atoms with Gasteiger partial charge in [-0.1, -0.05) is 0 Å². The van der Waals surface area contributed by atoms with Gasteiger partial charge < -0.3 is 65.3 Å². The number of nitrogens with zero attached hydrogens (tertiary/aromatic N) is 1. The van der Waals surface area contributed by atoms with Crippen molar-refractivity contribution in [2.45, 2.75) is 107 Å². The number of guanidine groups is 1. The molecule has 19 heteroatoms. The molecule has 17 N–H and O–H groups in total. The number of aliphatic hydroxyl groups excluding tert-OH is 1. The van der Waals surface area contributed by atoms with Crippen LogP contribution in [0.2, 0.25) is 0 Å². The van der Waals surface area contributed by atoms with Crippen molar-refractivity contribution < 1.29 is 44.1 Å². The van der Waals surface area contributed by atoms with E-state index in [9.17, 15) is 39.0 Å². The fraction of sp³-hybridized carbons (Fsp3) is 0.741. The highest BCUT2D eigenvalue weighted by Crippen LogP contribution is 2.09. The number of hydrogen-bond acceptors (Lipinski definition) is 11. The molecule has 0 rings (SSSR count). The molecule has 0 aromatic rings. The molecule has 19 nitrogen and oxygen atoms in total. The summed E-state index contributed by atoms with van der Waals surface area (Å²) in [5.74, 6) is -6.06. The lowest BCUT2D eigenvalue weighted by molar-refractivity contribution is -0.142. The van der Waals surface area contributed by atoms with Gasteiger partial charge in [0.2, 0.25) is 23.6 Å². The van der Waals surface area contributed by atoms with Gasteiger partial charge >= 0.3 is 11.9 Å². The number of carbonyl (C=O) groups is 6. The van der Waals surface area contributed by atoms with E-state index in [1.54, 1.807) is 0 Å². The maximum atomic E-state index is 13.5. The summed E-state index contributed by atoms with van der Waals surface area (Å²) >= 11 is 0. The second-order valence-corrected chi connectivity index (χ2v) is 10.8. The largest absolute Gasteiger partial charge is 0.481 e. The van der Waals surface area contributed by atoms with Crippen molar-refractivity contribution in [3.8, 4) is 0 Å². The molecule has 0 spiro atoms. The van der Waals surface area contributed by atoms with Gasteiger partial charge in [-0.05, 0) is 77.8 Å². The second kappa shape index (κ2) is 23.3. The van der Waals surface area contributed by atoms with E-state index in [2.05, 4.69) is 26.3 Å². The molecular weight excluding hydrogens is 608 g/mol. The highest BCUT2D eigenvalue weighted by molar-refractivity contribution is 5.95. The topological polar surface area (TPSA) is 354 Å². The number of carbonyl (C=O) groups excluding carboxylic acids is 4. The predicted molar refractivity (Wildman–Crippen MR) is 168 cm³/mol. The fourth-order valence-corrected chi connectivity index (χ4v) is 4.12. The third kappa shape index (κ3) is 18.0. The van der Waals surface area contributed by atoms with E-state index >= 15 is 0 Å². The lowest BCUT2D eigenvalue weighted by Gasteiger charge is -2.26. The minimum absolute atomic E-state index is 0.00125. The normalized spacial score (nSPS) is 14.8. The van der Waals surface area contributed by atoms with Gasteiger partial charge in [0.1, 0.15) is 30.2 Å². The molecule has 0 fully saturated rings. The third-order valence-electron chi connectivity index (χ3n) is 6.82. The Morgan fingerprint density at radius 2 is 1.07 bits per heavy atom. The maximum Gasteiger partial charge on any atom is 0.326 e. The SMILES string of the molecule is C[C@@H](O)[C@H](N)C(=O)N[C@@H](CCC(=O)O)C(=O)N[C@@H](CCCCN)C(=O)N[C@@H](CCCCN)C(=O)N[C@@H](CCCN=C(N)N)C(=O)O. The standard InChI is InChI=1S/C27H52N10O9/c1-15(38)21(30)25(44)36-18(10-11-20(39)40)24(43)35-16(7-2-4-12-28)22(41)34-17(8-3-5-13-29)23(42)37-19(26(45)46)9-6-14-33-27(31)32/h15-19,21,38H,2-14,28-30H2,1H3,(H,34,41)(H,35,43)(H,36,44)(H,37,42)(H,39,40)(H,45,46)(H4,31,32,33)/t15-,16+,17+,18+,19+,21+/m1/s1. The van der Waals surface area contributed by atoms with Crippen LogP contribution in [0.15, 0.2) is 4.99 Å². The van der Waals surface area contributed by atoms with Crippen LogP contribution >= 0.6 is 0 Å². The number of unbranched alkanes of at least 4 members (excludes halogenated alkanes) is 2. The molecule has 46 heavy (non-hydrogen) atoms. The first kappa shape index (κ1) is 41.9. The Balaban J connectivity index is 5.96. The average molecular weight is 661 g/mol. The Kier molecular flexibility index (Phi) is 21.2. The van der Waals surface area contributed by atoms with Crippen molar-refractivity contribution in [2.24, 2.45) is 33.7 Å². The smallest absolute Gasteiger partial charge is 0.326 e. The fourth-order valence-electron chi connectivity index (χ4n) is 4.12. The van der Waals surface area contributed by atoms with Crippen LogP contribution in [0.5, 0.6) is 0 Å². The quantitative estimate of drug-likeness (QED) is 0.0251. The van der Waals surface area contributed by atoms with Gasteiger partial charge in [-0.25, -0.2) is 4.79 Å². The molecule has 0 saturated carbocycles. The Morgan fingerprint density at radius 3 is 1.46 bits per heavy atom. The van der Waals surface area contributed by atoms with Crippen molar-refractivity contribution in [1.82, 2.24) is 21.3 Å². The number of carboxylic acid groups (broad SMARTS) is 2. The van der Waals surface area contributed by atoms with E-state index < -0.39 is 78.3 Å². The summed E-state index contributed by atoms with van der Waals surface area (Å²) in [5, 5.41) is 38.2. The number of amides is 4. The molecular formula is C27H52N10O9. The minimum atomic E-state index is -1.42. The predicted octanol–water partition coefficient (Wildman–Crippen LogP) is -4.11. The number of rotatable bonds is 25. The van der Waals surface area contributed by atoms with E-state index in [1.165, 1.54) is 6.92 Å². The Labute approximate surface area is 267 Å². The lowest BCUT2D eigenvalue weighted by atomic mass is 10.0. The summed E-state index contributed by atoms with van der Waals surface area (Å²) in [6.45, 7) is 2.01. The summed E-state index contributed by atoms with van der Waals surface area (Å²) in [6, 6.07) is -6.57. The van der Waals surface area contributed by atoms with Crippen molar-refractivity contribution in [3.63, 3.8) is 0 Å². The first-order valence-electron chi connectivity index (χ1n) is 15.2. The molecule has 0 aliphatic rings. The van der Waals surface area contributed by atoms with Crippen molar-refractivity contribution in [2.75, 3.05) is 19.6 Å². The number of aliphatic hydroxyl groups is 1. The van der Waals surface area contributed by atoms with E-state index in [-0.39, 0.29) is 44.6 Å². The molecule has 0 aromatic heterocycles. The van der Waals surface area contributed by atoms with Crippen LogP contribution in [0, 0.1) is 0 Å². The molecule has 4 amide bonds. The van der Waals surface area contributed by atoms with Crippen LogP contribution in [-0.4, -0.2) is 113 Å². The van der Waals surface area contributed by atoms with Crippen LogP contribution in [0.25, 0.3) is 0 Å². The summed E-state index contributed by atoms with van der Waals surface area (Å²) < 4.78 is 0. The van der Waals surface area contributed by atoms with Crippen LogP contribution in [0.3, 0.4) is 0 Å². The number of aliphatic imine (C=N–C) groups is 1. The molecule has 0 aromatic carbocycles. The first-order valence-corrected chi connectivity index (χ1v) is 15.2. The molecule has 0 bridgehead atoms. The Hall–Kier alpha value is -4.07. The summed E-state index contributed by atoms with van der Waals surface area (Å²) in [4.78, 5) is 79.1. The van der Waals surface area contributed by atoms with Gasteiger partial charge in [0.15, 0.2) is 5.96 Å². The number of nitrogens with two attached hydrogens (primary N) is 5. The maximum absolute atomic E-state index is 13.5. The Bertz CT molecular complexity index is 1020. The molecule has 264 valence electrons. The van der Waals surface area contributed by atoms with Crippen molar-refractivity contribution in [3.05, 3.63) is 0 Å². The van der Waals surface area contributed by atoms with E-state index in [0.29, 0.717) is 38.8 Å². The third-order valence-corrected chi connectivity index (χ3v) is 6.82. The lowest BCUT2D eigenvalue weighted by Crippen LogP contribution is -2.59. The van der Waals surface area contributed by atoms with Crippen molar-refractivity contribution >= 4 is 41.5 Å². The summed E-state index contributed by atoms with van der Waals surface area (Å²) in [5.41, 5.74) is 27.4. The van der Waals surface area contributed by atoms with Crippen LogP contribution in [0.4, 0.5) is 0 Å². The van der Waals surface area contributed by atoms with Crippen LogP contribution < -0.4 is 49.9 Å². The number of hydrogen-bond donors (Lipinski definition) is 12. The number of nitrogens with one attached hydrogen (secondary N) is 4. The van der Waals surface area contributed by atoms with E-state index in [1.807, 2.05) is 0 Å². The molecule has 0 heterocycles. The summed E-state index contributed by atoms with van der Waals surface area (Å²) in [7, 11) is 0.